The molecule has 1 atom stereocenters. The van der Waals surface area contributed by atoms with Crippen LogP contribution in [0.4, 0.5) is 0 Å². The largest absolute Gasteiger partial charge is 0.489 e. The number of benzene rings is 2. The minimum atomic E-state index is 0.0379. The van der Waals surface area contributed by atoms with Crippen molar-refractivity contribution in [3.63, 3.8) is 0 Å². The van der Waals surface area contributed by atoms with Gasteiger partial charge in [0.25, 0.3) is 0 Å². The number of nitrogens with zero attached hydrogens (tertiary/aromatic N) is 2. The van der Waals surface area contributed by atoms with Crippen LogP contribution in [-0.4, -0.2) is 29.6 Å². The zero-order chi connectivity index (χ0) is 17.6. The van der Waals surface area contributed by atoms with Crippen LogP contribution in [0.5, 0.6) is 5.75 Å². The van der Waals surface area contributed by atoms with E-state index in [0.717, 1.165) is 24.4 Å². The molecule has 0 unspecified atom stereocenters. The molecule has 0 saturated heterocycles. The molecule has 0 aliphatic carbocycles. The van der Waals surface area contributed by atoms with Crippen LogP contribution in [0.2, 0.25) is 0 Å². The molecule has 0 fully saturated rings. The number of nitrogens with two attached hydrogens (primary N) is 1. The van der Waals surface area contributed by atoms with Crippen molar-refractivity contribution in [2.45, 2.75) is 26.1 Å². The fraction of sp³-hybridized carbons (Fsp3) is 0.286. The van der Waals surface area contributed by atoms with E-state index in [4.69, 9.17) is 10.5 Å². The van der Waals surface area contributed by atoms with Crippen LogP contribution in [0.1, 0.15) is 18.1 Å². The van der Waals surface area contributed by atoms with Crippen molar-refractivity contribution in [1.82, 2.24) is 9.88 Å². The number of hydrogen-bond donors (Lipinski definition) is 1. The van der Waals surface area contributed by atoms with Gasteiger partial charge in [-0.2, -0.15) is 0 Å². The van der Waals surface area contributed by atoms with Crippen molar-refractivity contribution in [3.8, 4) is 5.75 Å². The van der Waals surface area contributed by atoms with Crippen molar-refractivity contribution in [3.05, 3.63) is 71.9 Å². The zero-order valence-electron chi connectivity index (χ0n) is 14.9. The lowest BCUT2D eigenvalue weighted by Gasteiger charge is -2.18. The molecule has 0 aliphatic rings. The molecule has 4 heteroatoms. The first-order valence-corrected chi connectivity index (χ1v) is 8.62. The van der Waals surface area contributed by atoms with Gasteiger partial charge in [-0.05, 0) is 55.4 Å². The molecule has 1 aromatic heterocycles. The first kappa shape index (κ1) is 17.4. The third kappa shape index (κ3) is 4.78. The lowest BCUT2D eigenvalue weighted by Crippen LogP contribution is -2.22. The highest BCUT2D eigenvalue weighted by atomic mass is 16.5. The number of aromatic nitrogens is 1. The van der Waals surface area contributed by atoms with Crippen LogP contribution >= 0.6 is 0 Å². The van der Waals surface area contributed by atoms with Crippen LogP contribution in [-0.2, 0) is 13.1 Å². The molecule has 0 saturated carbocycles. The van der Waals surface area contributed by atoms with Gasteiger partial charge < -0.3 is 10.5 Å². The second-order valence-corrected chi connectivity index (χ2v) is 6.51. The van der Waals surface area contributed by atoms with E-state index < -0.39 is 0 Å². The maximum atomic E-state index is 5.72. The van der Waals surface area contributed by atoms with Gasteiger partial charge in [-0.15, -0.1) is 0 Å². The molecule has 4 nitrogen and oxygen atoms in total. The summed E-state index contributed by atoms with van der Waals surface area (Å²) < 4.78 is 5.72. The molecule has 2 aromatic carbocycles. The van der Waals surface area contributed by atoms with Gasteiger partial charge in [-0.1, -0.05) is 24.3 Å². The molecule has 0 spiro atoms. The van der Waals surface area contributed by atoms with Gasteiger partial charge in [0.1, 0.15) is 11.9 Å². The molecule has 3 aromatic rings. The lowest BCUT2D eigenvalue weighted by atomic mass is 10.1. The molecule has 1 heterocycles. The van der Waals surface area contributed by atoms with Crippen LogP contribution in [0.15, 0.2) is 60.8 Å². The Morgan fingerprint density at radius 3 is 2.52 bits per heavy atom. The lowest BCUT2D eigenvalue weighted by molar-refractivity contribution is 0.229. The predicted molar refractivity (Wildman–Crippen MR) is 103 cm³/mol. The summed E-state index contributed by atoms with van der Waals surface area (Å²) in [6.07, 6.45) is 1.87. The summed E-state index contributed by atoms with van der Waals surface area (Å²) >= 11 is 0. The molecular weight excluding hydrogens is 310 g/mol. The van der Waals surface area contributed by atoms with Gasteiger partial charge in [0.15, 0.2) is 0 Å². The Kier molecular flexibility index (Phi) is 5.64. The quantitative estimate of drug-likeness (QED) is 0.717. The summed E-state index contributed by atoms with van der Waals surface area (Å²) in [6, 6.07) is 18.8. The number of ether oxygens (including phenoxy) is 1. The number of fused-ring (bicyclic) bond motifs is 1. The van der Waals surface area contributed by atoms with E-state index in [1.807, 2.05) is 31.3 Å². The highest BCUT2D eigenvalue weighted by Crippen LogP contribution is 2.17. The monoisotopic (exact) mass is 335 g/mol. The van der Waals surface area contributed by atoms with Gasteiger partial charge in [-0.3, -0.25) is 9.88 Å². The predicted octanol–water partition coefficient (Wildman–Crippen LogP) is 3.59. The summed E-state index contributed by atoms with van der Waals surface area (Å²) in [7, 11) is 2.13. The molecule has 25 heavy (non-hydrogen) atoms. The van der Waals surface area contributed by atoms with Gasteiger partial charge >= 0.3 is 0 Å². The van der Waals surface area contributed by atoms with Gasteiger partial charge in [-0.25, -0.2) is 0 Å². The van der Waals surface area contributed by atoms with E-state index in [9.17, 15) is 0 Å². The van der Waals surface area contributed by atoms with Crippen molar-refractivity contribution < 1.29 is 4.74 Å². The van der Waals surface area contributed by atoms with Crippen molar-refractivity contribution in [1.29, 1.82) is 0 Å². The van der Waals surface area contributed by atoms with E-state index in [2.05, 4.69) is 53.3 Å². The van der Waals surface area contributed by atoms with E-state index in [-0.39, 0.29) is 6.10 Å². The molecule has 2 N–H and O–H groups in total. The minimum absolute atomic E-state index is 0.0379. The Bertz CT molecular complexity index is 817. The molecule has 130 valence electrons. The number of rotatable bonds is 7. The molecule has 3 rings (SSSR count). The Morgan fingerprint density at radius 1 is 1.04 bits per heavy atom. The minimum Gasteiger partial charge on any atom is -0.489 e. The number of hydrogen-bond acceptors (Lipinski definition) is 4. The highest BCUT2D eigenvalue weighted by molar-refractivity contribution is 5.78. The average Bonchev–Trinajstić information content (AvgIpc) is 2.63. The Labute approximate surface area is 149 Å². The summed E-state index contributed by atoms with van der Waals surface area (Å²) in [6.45, 7) is 4.28. The standard InChI is InChI=1S/C21H25N3O/c1-16(13-22)25-20-8-5-17(6-9-20)14-24(2)15-18-7-10-21-19(12-18)4-3-11-23-21/h3-12,16H,13-15,22H2,1-2H3/t16-/m0/s1. The maximum Gasteiger partial charge on any atom is 0.119 e. The Morgan fingerprint density at radius 2 is 1.76 bits per heavy atom. The van der Waals surface area contributed by atoms with Crippen LogP contribution < -0.4 is 10.5 Å². The summed E-state index contributed by atoms with van der Waals surface area (Å²) in [5.41, 5.74) is 9.18. The smallest absolute Gasteiger partial charge is 0.119 e. The SMILES string of the molecule is C[C@@H](CN)Oc1ccc(CN(C)Cc2ccc3ncccc3c2)cc1. The van der Waals surface area contributed by atoms with E-state index in [0.29, 0.717) is 6.54 Å². The average molecular weight is 335 g/mol. The highest BCUT2D eigenvalue weighted by Gasteiger charge is 2.05. The van der Waals surface area contributed by atoms with E-state index in [1.54, 1.807) is 0 Å². The zero-order valence-corrected chi connectivity index (χ0v) is 14.9. The van der Waals surface area contributed by atoms with E-state index >= 15 is 0 Å². The van der Waals surface area contributed by atoms with E-state index in [1.165, 1.54) is 16.5 Å². The van der Waals surface area contributed by atoms with Gasteiger partial charge in [0, 0.05) is 31.2 Å². The summed E-state index contributed by atoms with van der Waals surface area (Å²) in [5.74, 6) is 0.867. The third-order valence-electron chi connectivity index (χ3n) is 4.16. The molecule has 0 aliphatic heterocycles. The molecule has 0 amide bonds. The Balaban J connectivity index is 1.60. The van der Waals surface area contributed by atoms with Gasteiger partial charge in [0.2, 0.25) is 0 Å². The van der Waals surface area contributed by atoms with Gasteiger partial charge in [0.05, 0.1) is 5.52 Å². The first-order chi connectivity index (χ1) is 12.1. The first-order valence-electron chi connectivity index (χ1n) is 8.62. The molecular formula is C21H25N3O. The summed E-state index contributed by atoms with van der Waals surface area (Å²) in [4.78, 5) is 6.67. The number of pyridine rings is 1. The normalized spacial score (nSPS) is 12.5. The Hall–Kier alpha value is -2.43. The second-order valence-electron chi connectivity index (χ2n) is 6.51. The van der Waals surface area contributed by atoms with Crippen LogP contribution in [0, 0.1) is 0 Å². The molecule has 0 radical (unpaired) electrons. The van der Waals surface area contributed by atoms with Crippen molar-refractivity contribution in [2.75, 3.05) is 13.6 Å². The summed E-state index contributed by atoms with van der Waals surface area (Å²) in [5, 5.41) is 1.18. The van der Waals surface area contributed by atoms with Crippen LogP contribution in [0.25, 0.3) is 10.9 Å². The maximum absolute atomic E-state index is 5.72. The fourth-order valence-electron chi connectivity index (χ4n) is 2.86. The van der Waals surface area contributed by atoms with Crippen molar-refractivity contribution >= 4 is 10.9 Å². The fourth-order valence-corrected chi connectivity index (χ4v) is 2.86. The van der Waals surface area contributed by atoms with Crippen molar-refractivity contribution in [2.24, 2.45) is 5.73 Å². The third-order valence-corrected chi connectivity index (χ3v) is 4.16. The van der Waals surface area contributed by atoms with Crippen LogP contribution in [0.3, 0.4) is 0 Å². The molecule has 0 bridgehead atoms. The topological polar surface area (TPSA) is 51.4 Å². The second kappa shape index (κ2) is 8.10.